The summed E-state index contributed by atoms with van der Waals surface area (Å²) in [5, 5.41) is 3.92. The van der Waals surface area contributed by atoms with Gasteiger partial charge in [-0.1, -0.05) is 18.2 Å². The molecule has 1 aromatic carbocycles. The highest BCUT2D eigenvalue weighted by Gasteiger charge is 2.15. The molecule has 1 atom stereocenters. The number of nitrogens with one attached hydrogen (secondary N) is 2. The van der Waals surface area contributed by atoms with E-state index in [1.807, 2.05) is 37.3 Å². The summed E-state index contributed by atoms with van der Waals surface area (Å²) in [7, 11) is 0. The quantitative estimate of drug-likeness (QED) is 0.748. The second-order valence-electron chi connectivity index (χ2n) is 6.19. The van der Waals surface area contributed by atoms with Crippen LogP contribution in [0.3, 0.4) is 0 Å². The Bertz CT molecular complexity index is 938. The number of H-pyrrole nitrogens is 1. The van der Waals surface area contributed by atoms with Crippen molar-refractivity contribution in [3.8, 4) is 0 Å². The maximum atomic E-state index is 12.2. The second kappa shape index (κ2) is 6.93. The van der Waals surface area contributed by atoms with Crippen LogP contribution in [0.2, 0.25) is 0 Å². The van der Waals surface area contributed by atoms with Gasteiger partial charge >= 0.3 is 0 Å². The molecule has 0 aliphatic rings. The van der Waals surface area contributed by atoms with E-state index in [1.54, 1.807) is 13.8 Å². The van der Waals surface area contributed by atoms with E-state index in [0.29, 0.717) is 29.3 Å². The van der Waals surface area contributed by atoms with E-state index < -0.39 is 0 Å². The summed E-state index contributed by atoms with van der Waals surface area (Å²) in [6, 6.07) is 9.41. The van der Waals surface area contributed by atoms with Crippen molar-refractivity contribution in [1.82, 2.24) is 15.3 Å². The average molecular weight is 339 g/mol. The number of carbonyl (C=O) groups excluding carboxylic acids is 1. The molecule has 1 amide bonds. The van der Waals surface area contributed by atoms with Crippen LogP contribution in [0.15, 0.2) is 39.5 Å². The molecule has 25 heavy (non-hydrogen) atoms. The summed E-state index contributed by atoms with van der Waals surface area (Å²) < 4.78 is 5.77. The Morgan fingerprint density at radius 1 is 1.32 bits per heavy atom. The van der Waals surface area contributed by atoms with E-state index in [2.05, 4.69) is 15.3 Å². The molecule has 6 nitrogen and oxygen atoms in total. The third-order valence-corrected chi connectivity index (χ3v) is 4.19. The first-order valence-corrected chi connectivity index (χ1v) is 8.28. The fourth-order valence-corrected chi connectivity index (χ4v) is 2.88. The molecule has 3 rings (SSSR count). The first-order valence-electron chi connectivity index (χ1n) is 8.28. The summed E-state index contributed by atoms with van der Waals surface area (Å²) in [4.78, 5) is 31.1. The number of fused-ring (bicyclic) bond motifs is 1. The van der Waals surface area contributed by atoms with Crippen LogP contribution in [0, 0.1) is 13.8 Å². The fourth-order valence-electron chi connectivity index (χ4n) is 2.88. The Kier molecular flexibility index (Phi) is 4.70. The molecule has 0 spiro atoms. The largest absolute Gasteiger partial charge is 0.459 e. The van der Waals surface area contributed by atoms with Crippen molar-refractivity contribution in [3.63, 3.8) is 0 Å². The lowest BCUT2D eigenvalue weighted by Crippen LogP contribution is -2.27. The number of nitrogens with zero attached hydrogens (tertiary/aromatic N) is 1. The Labute approximate surface area is 145 Å². The van der Waals surface area contributed by atoms with Crippen molar-refractivity contribution in [1.29, 1.82) is 0 Å². The normalized spacial score (nSPS) is 12.3. The number of aromatic nitrogens is 2. The molecule has 0 radical (unpaired) electrons. The summed E-state index contributed by atoms with van der Waals surface area (Å²) >= 11 is 0. The van der Waals surface area contributed by atoms with Gasteiger partial charge < -0.3 is 14.7 Å². The van der Waals surface area contributed by atoms with E-state index in [-0.39, 0.29) is 23.9 Å². The minimum absolute atomic E-state index is 0.132. The molecule has 0 saturated carbocycles. The van der Waals surface area contributed by atoms with Gasteiger partial charge in [0, 0.05) is 23.1 Å². The van der Waals surface area contributed by atoms with Gasteiger partial charge in [0.1, 0.15) is 17.2 Å². The number of rotatable bonds is 5. The van der Waals surface area contributed by atoms with Crippen molar-refractivity contribution in [3.05, 3.63) is 63.5 Å². The zero-order valence-electron chi connectivity index (χ0n) is 14.6. The number of aryl methyl sites for hydroxylation is 2. The highest BCUT2D eigenvalue weighted by atomic mass is 16.3. The molecule has 2 N–H and O–H groups in total. The lowest BCUT2D eigenvalue weighted by molar-refractivity contribution is -0.121. The van der Waals surface area contributed by atoms with Crippen LogP contribution in [0.4, 0.5) is 0 Å². The molecule has 6 heteroatoms. The van der Waals surface area contributed by atoms with Gasteiger partial charge in [0.15, 0.2) is 0 Å². The van der Waals surface area contributed by atoms with Crippen molar-refractivity contribution >= 4 is 16.9 Å². The van der Waals surface area contributed by atoms with E-state index in [9.17, 15) is 9.59 Å². The van der Waals surface area contributed by atoms with E-state index in [1.165, 1.54) is 0 Å². The van der Waals surface area contributed by atoms with Gasteiger partial charge in [0.05, 0.1) is 6.04 Å². The fraction of sp³-hybridized carbons (Fsp3) is 0.316. The number of carbonyl (C=O) groups is 1. The zero-order chi connectivity index (χ0) is 18.0. The highest BCUT2D eigenvalue weighted by Crippen LogP contribution is 2.23. The molecule has 2 aromatic heterocycles. The standard InChI is InChI=1S/C19H21N3O3/c1-11-15(19(24)22-13(3)20-11)8-9-18(23)21-12(2)17-10-14-6-4-5-7-16(14)25-17/h4-7,10,12H,8-9H2,1-3H3,(H,21,23)(H,20,22,24)/t12-/m0/s1. The van der Waals surface area contributed by atoms with Crippen LogP contribution in [0.5, 0.6) is 0 Å². The van der Waals surface area contributed by atoms with Gasteiger partial charge in [-0.15, -0.1) is 0 Å². The lowest BCUT2D eigenvalue weighted by atomic mass is 10.1. The highest BCUT2D eigenvalue weighted by molar-refractivity contribution is 5.79. The second-order valence-corrected chi connectivity index (χ2v) is 6.19. The van der Waals surface area contributed by atoms with Gasteiger partial charge in [0.2, 0.25) is 5.91 Å². The van der Waals surface area contributed by atoms with Crippen molar-refractivity contribution in [2.75, 3.05) is 0 Å². The van der Waals surface area contributed by atoms with Crippen LogP contribution < -0.4 is 10.9 Å². The summed E-state index contributed by atoms with van der Waals surface area (Å²) in [6.07, 6.45) is 0.576. The van der Waals surface area contributed by atoms with Crippen LogP contribution in [-0.2, 0) is 11.2 Å². The number of aromatic amines is 1. The Balaban J connectivity index is 1.63. The summed E-state index contributed by atoms with van der Waals surface area (Å²) in [5.74, 6) is 1.15. The molecule has 130 valence electrons. The van der Waals surface area contributed by atoms with Gasteiger partial charge in [0.25, 0.3) is 5.56 Å². The number of hydrogen-bond acceptors (Lipinski definition) is 4. The van der Waals surface area contributed by atoms with Crippen molar-refractivity contribution in [2.45, 2.75) is 39.7 Å². The van der Waals surface area contributed by atoms with Crippen LogP contribution in [0.1, 0.15) is 42.2 Å². The molecule has 0 aliphatic heterocycles. The van der Waals surface area contributed by atoms with Crippen LogP contribution in [-0.4, -0.2) is 15.9 Å². The van der Waals surface area contributed by atoms with E-state index in [0.717, 1.165) is 11.0 Å². The van der Waals surface area contributed by atoms with Crippen molar-refractivity contribution in [2.24, 2.45) is 0 Å². The Hall–Kier alpha value is -2.89. The molecule has 2 heterocycles. The summed E-state index contributed by atoms with van der Waals surface area (Å²) in [6.45, 7) is 5.40. The molecule has 0 saturated heterocycles. The predicted octanol–water partition coefficient (Wildman–Crippen LogP) is 2.94. The predicted molar refractivity (Wildman–Crippen MR) is 95.4 cm³/mol. The van der Waals surface area contributed by atoms with Gasteiger partial charge in [-0.05, 0) is 39.3 Å². The average Bonchev–Trinajstić information content (AvgIpc) is 2.98. The minimum atomic E-state index is -0.240. The number of amides is 1. The topological polar surface area (TPSA) is 88.0 Å². The lowest BCUT2D eigenvalue weighted by Gasteiger charge is -2.11. The Morgan fingerprint density at radius 3 is 2.80 bits per heavy atom. The van der Waals surface area contributed by atoms with Crippen LogP contribution in [0.25, 0.3) is 11.0 Å². The third-order valence-electron chi connectivity index (χ3n) is 4.19. The zero-order valence-corrected chi connectivity index (χ0v) is 14.6. The van der Waals surface area contributed by atoms with Gasteiger partial charge in [-0.25, -0.2) is 4.98 Å². The maximum absolute atomic E-state index is 12.2. The number of furan rings is 1. The smallest absolute Gasteiger partial charge is 0.254 e. The number of benzene rings is 1. The molecular formula is C19H21N3O3. The number of para-hydroxylation sites is 1. The van der Waals surface area contributed by atoms with Gasteiger partial charge in [-0.3, -0.25) is 9.59 Å². The Morgan fingerprint density at radius 2 is 2.08 bits per heavy atom. The number of hydrogen-bond donors (Lipinski definition) is 2. The molecule has 0 aliphatic carbocycles. The molecule has 0 unspecified atom stereocenters. The van der Waals surface area contributed by atoms with Crippen molar-refractivity contribution < 1.29 is 9.21 Å². The van der Waals surface area contributed by atoms with E-state index >= 15 is 0 Å². The van der Waals surface area contributed by atoms with E-state index in [4.69, 9.17) is 4.42 Å². The summed E-state index contributed by atoms with van der Waals surface area (Å²) in [5.41, 5.74) is 1.84. The molecule has 0 bridgehead atoms. The first-order chi connectivity index (χ1) is 11.9. The monoisotopic (exact) mass is 339 g/mol. The molecule has 0 fully saturated rings. The molecule has 3 aromatic rings. The molecular weight excluding hydrogens is 318 g/mol. The SMILES string of the molecule is Cc1nc(C)c(CCC(=O)N[C@@H](C)c2cc3ccccc3o2)c(=O)[nH]1. The minimum Gasteiger partial charge on any atom is -0.459 e. The van der Waals surface area contributed by atoms with Gasteiger partial charge in [-0.2, -0.15) is 0 Å². The van der Waals surface area contributed by atoms with Crippen LogP contribution >= 0.6 is 0 Å². The first kappa shape index (κ1) is 17.0. The third kappa shape index (κ3) is 3.79. The maximum Gasteiger partial charge on any atom is 0.254 e.